The fourth-order valence-corrected chi connectivity index (χ4v) is 17.6. The van der Waals surface area contributed by atoms with E-state index in [-0.39, 0.29) is 149 Å². The van der Waals surface area contributed by atoms with E-state index in [2.05, 4.69) is 164 Å². The molecular formula is C79H83Cl5N21NaO7S7. The van der Waals surface area contributed by atoms with Gasteiger partial charge in [-0.1, -0.05) is 162 Å². The van der Waals surface area contributed by atoms with E-state index in [1.807, 2.05) is 45.0 Å². The van der Waals surface area contributed by atoms with Crippen LogP contribution in [-0.2, 0) is 54.8 Å². The van der Waals surface area contributed by atoms with Crippen molar-refractivity contribution in [3.8, 4) is 0 Å². The summed E-state index contributed by atoms with van der Waals surface area (Å²) >= 11 is 23.3. The van der Waals surface area contributed by atoms with E-state index in [4.69, 9.17) is 67.9 Å². The molecule has 4 aliphatic carbocycles. The summed E-state index contributed by atoms with van der Waals surface area (Å²) in [4.78, 5) is 56.3. The molecular weight excluding hydrogens is 1780 g/mol. The number of fused-ring (bicyclic) bond motifs is 8. The molecule has 0 amide bonds. The molecule has 19 rings (SSSR count). The molecule has 0 saturated carbocycles. The van der Waals surface area contributed by atoms with Crippen molar-refractivity contribution in [2.24, 2.45) is 5.73 Å². The van der Waals surface area contributed by atoms with E-state index in [1.54, 1.807) is 74.0 Å². The van der Waals surface area contributed by atoms with Gasteiger partial charge in [0.15, 0.2) is 56.2 Å². The minimum Gasteiger partial charge on any atom is -0.857 e. The first-order valence-electron chi connectivity index (χ1n) is 36.0. The molecule has 0 saturated heterocycles. The normalized spacial score (nSPS) is 14.9. The Morgan fingerprint density at radius 2 is 0.775 bits per heavy atom. The molecule has 0 fully saturated rings. The molecule has 41 heteroatoms. The van der Waals surface area contributed by atoms with Crippen LogP contribution in [0.2, 0.25) is 21.0 Å². The zero-order valence-corrected chi connectivity index (χ0v) is 77.5. The summed E-state index contributed by atoms with van der Waals surface area (Å²) in [7, 11) is -3.73. The van der Waals surface area contributed by atoms with Gasteiger partial charge in [-0.05, 0) is 188 Å². The molecule has 4 atom stereocenters. The van der Waals surface area contributed by atoms with Crippen molar-refractivity contribution >= 4 is 208 Å². The van der Waals surface area contributed by atoms with E-state index >= 15 is 0 Å². The van der Waals surface area contributed by atoms with Crippen LogP contribution in [0.4, 0.5) is 23.4 Å². The summed E-state index contributed by atoms with van der Waals surface area (Å²) in [5, 5.41) is 22.0. The van der Waals surface area contributed by atoms with Crippen molar-refractivity contribution in [2.75, 3.05) is 35.4 Å². The quantitative estimate of drug-likeness (QED) is 0.0258. The fraction of sp³-hybridized carbons (Fsp3) is 0.215. The van der Waals surface area contributed by atoms with Crippen LogP contribution in [0.3, 0.4) is 0 Å². The van der Waals surface area contributed by atoms with Crippen molar-refractivity contribution in [2.45, 2.75) is 111 Å². The third kappa shape index (κ3) is 22.5. The monoisotopic (exact) mass is 1860 g/mol. The maximum Gasteiger partial charge on any atom is 1.00 e. The van der Waals surface area contributed by atoms with Crippen molar-refractivity contribution in [1.82, 2.24) is 77.7 Å². The number of hydrogen-bond donors (Lipinski definition) is 7. The summed E-state index contributed by atoms with van der Waals surface area (Å²) < 4.78 is 76.4. The number of anilines is 4. The maximum absolute atomic E-state index is 13.3. The molecule has 0 radical (unpaired) electrons. The van der Waals surface area contributed by atoms with Crippen LogP contribution in [0.25, 0.3) is 44.7 Å². The number of nitrogens with zero attached hydrogens (tertiary/aromatic N) is 14. The molecule has 28 nitrogen and oxygen atoms in total. The molecule has 624 valence electrons. The van der Waals surface area contributed by atoms with Crippen molar-refractivity contribution in [3.05, 3.63) is 277 Å². The van der Waals surface area contributed by atoms with E-state index in [0.29, 0.717) is 57.3 Å². The SMILES string of the molecule is CNc1nc(N[C@H]2CCc3ccccc32)c2ncn(S(=O)(=O)c3ccc(C)cc3)c2n1.C[O-].Cc1ccc(S(=O)(=O)Cl)cc1.Cc1ccc(S(=O)(=O)n2cnc3c(N[C@H]4CCc5ccccc54)nc(Cl)nc32)cc1.Clc1nc(Cl)c2[nH]cnc2n1.Clc1nc(N[C@H]2CCc3ccccc32)c2[nH]cnc2n1.N[C@H]1CCc2ccccc21.S.S.S.S.[Na+]. The third-order valence-electron chi connectivity index (χ3n) is 19.4. The van der Waals surface area contributed by atoms with Gasteiger partial charge in [0.05, 0.1) is 45.5 Å². The molecule has 0 aliphatic heterocycles. The number of benzene rings is 7. The molecule has 0 bridgehead atoms. The summed E-state index contributed by atoms with van der Waals surface area (Å²) in [6, 6.07) is 53.9. The minimum absolute atomic E-state index is 0. The van der Waals surface area contributed by atoms with E-state index < -0.39 is 29.1 Å². The number of aryl methyl sites for hydroxylation is 7. The average molecular weight is 1860 g/mol. The number of imidazole rings is 4. The Hall–Kier alpha value is -8.44. The second-order valence-corrected chi connectivity index (χ2v) is 34.3. The Morgan fingerprint density at radius 3 is 1.21 bits per heavy atom. The fourth-order valence-electron chi connectivity index (χ4n) is 13.6. The number of hydrogen-bond acceptors (Lipinski definition) is 24. The second kappa shape index (κ2) is 43.1. The number of nitrogens with one attached hydrogen (secondary N) is 6. The van der Waals surface area contributed by atoms with Crippen LogP contribution in [0.1, 0.15) is 111 Å². The molecule has 8 aromatic heterocycles. The molecule has 0 spiro atoms. The summed E-state index contributed by atoms with van der Waals surface area (Å²) in [6.07, 6.45) is 13.8. The number of aromatic nitrogens is 16. The number of H-pyrrole nitrogens is 2. The van der Waals surface area contributed by atoms with Gasteiger partial charge in [0.25, 0.3) is 29.1 Å². The van der Waals surface area contributed by atoms with Crippen LogP contribution >= 0.6 is 111 Å². The minimum atomic E-state index is -3.87. The Labute approximate surface area is 768 Å². The van der Waals surface area contributed by atoms with Gasteiger partial charge in [0, 0.05) is 23.8 Å². The zero-order chi connectivity index (χ0) is 81.3. The number of aromatic amines is 2. The summed E-state index contributed by atoms with van der Waals surface area (Å²) in [5.41, 5.74) is 23.0. The Bertz CT molecular complexity index is 6390. The maximum atomic E-state index is 13.3. The number of halogens is 5. The van der Waals surface area contributed by atoms with Gasteiger partial charge in [-0.25, -0.2) is 58.1 Å². The summed E-state index contributed by atoms with van der Waals surface area (Å²) in [6.45, 7) is 5.69. The number of nitrogens with two attached hydrogens (primary N) is 1. The smallest absolute Gasteiger partial charge is 0.857 e. The Balaban J connectivity index is 0.000000186. The predicted octanol–water partition coefficient (Wildman–Crippen LogP) is 12.4. The van der Waals surface area contributed by atoms with Crippen LogP contribution in [0, 0.1) is 20.8 Å². The second-order valence-electron chi connectivity index (χ2n) is 26.8. The standard InChI is InChI=1S/C22H22N6O2S.C21H18ClN5O2S.C14H12ClN5.C9H11N.C7H7ClO2S.C5H2Cl2N4.CH3O.Na.4H2S/c1-14-7-10-16(11-8-14)31(29,30)28-13-24-19-20(26-22(23-2)27-21(19)28)25-18-12-9-15-5-3-4-6-17(15)18;1-13-6-9-15(10-7-13)30(28,29)27-12-23-18-19(25-21(22)26-20(18)27)24-17-11-8-14-4-2-3-5-16(14)17;15-14-19-12-11(16-7-17-12)13(20-14)18-10-6-5-8-3-1-2-4-9(8)10;10-9-6-5-7-3-1-2-4-8(7)9;1-6-2-4-7(5-3-6)11(8,9)10;6-3-2-4(9-1-8-2)11-5(7)10-3;1-2;;;;;/h3-8,10-11,13,18H,9,12H2,1-2H3,(H2,23,25,26,27);2-7,9-10,12,17H,8,11H2,1H3,(H,24,25,26);1-4,7,10H,5-6H2,(H2,16,17,18,19,20);1-4,9H,5-6,10H2;2-5H,1H3;1H,(H,8,9,10,11);1H3;;4*1H2/q;;;;;;-1;+1;;;;/t18-;17-;10-;9-;;;;;;;;/m0000......../s1. The zero-order valence-electron chi connectivity index (χ0n) is 65.3. The molecule has 0 unspecified atom stereocenters. The van der Waals surface area contributed by atoms with Crippen LogP contribution in [0.15, 0.2) is 210 Å². The van der Waals surface area contributed by atoms with Crippen LogP contribution < -0.4 is 61.7 Å². The molecule has 120 heavy (non-hydrogen) atoms. The van der Waals surface area contributed by atoms with Gasteiger partial charge in [-0.15, -0.1) is 0 Å². The Kier molecular flexibility index (Phi) is 34.8. The summed E-state index contributed by atoms with van der Waals surface area (Å²) in [5.74, 6) is 1.96. The molecule has 4 aliphatic rings. The number of rotatable bonds is 12. The van der Waals surface area contributed by atoms with Gasteiger partial charge in [-0.3, -0.25) is 0 Å². The molecule has 7 aromatic carbocycles. The molecule has 15 aromatic rings. The van der Waals surface area contributed by atoms with E-state index in [1.165, 1.54) is 75.6 Å². The third-order valence-corrected chi connectivity index (χ3v) is 24.8. The first-order chi connectivity index (χ1) is 55.4. The largest absolute Gasteiger partial charge is 1.00 e. The van der Waals surface area contributed by atoms with Gasteiger partial charge in [0.2, 0.25) is 21.8 Å². The van der Waals surface area contributed by atoms with Gasteiger partial charge < -0.3 is 42.1 Å². The van der Waals surface area contributed by atoms with Gasteiger partial charge in [-0.2, -0.15) is 96.0 Å². The average Bonchev–Trinajstić information content (AvgIpc) is 1.59. The van der Waals surface area contributed by atoms with Crippen LogP contribution in [-0.4, -0.2) is 117 Å². The van der Waals surface area contributed by atoms with Crippen molar-refractivity contribution < 1.29 is 59.9 Å². The predicted molar refractivity (Wildman–Crippen MR) is 488 cm³/mol. The Morgan fingerprint density at radius 1 is 0.425 bits per heavy atom. The molecule has 8 heterocycles. The van der Waals surface area contributed by atoms with Crippen molar-refractivity contribution in [3.63, 3.8) is 0 Å². The van der Waals surface area contributed by atoms with Crippen LogP contribution in [0.5, 0.6) is 0 Å². The van der Waals surface area contributed by atoms with Gasteiger partial charge >= 0.3 is 29.6 Å². The first kappa shape index (κ1) is 97.0. The topological polar surface area (TPSA) is 396 Å². The van der Waals surface area contributed by atoms with Crippen molar-refractivity contribution in [1.29, 1.82) is 0 Å². The first-order valence-corrected chi connectivity index (χ1v) is 42.7. The molecule has 8 N–H and O–H groups in total. The van der Waals surface area contributed by atoms with Gasteiger partial charge in [0.1, 0.15) is 23.7 Å². The van der Waals surface area contributed by atoms with E-state index in [9.17, 15) is 25.3 Å². The van der Waals surface area contributed by atoms with E-state index in [0.717, 1.165) is 88.6 Å².